The van der Waals surface area contributed by atoms with Gasteiger partial charge < -0.3 is 13.9 Å². The average Bonchev–Trinajstić information content (AvgIpc) is 3.02. The fourth-order valence-corrected chi connectivity index (χ4v) is 3.45. The number of nitrogens with one attached hydrogen (secondary N) is 1. The molecule has 19 heavy (non-hydrogen) atoms. The number of hydrogen-bond donors (Lipinski definition) is 2. The van der Waals surface area contributed by atoms with Crippen molar-refractivity contribution < 1.29 is 13.9 Å². The first-order chi connectivity index (χ1) is 9.24. The van der Waals surface area contributed by atoms with Gasteiger partial charge in [-0.2, -0.15) is 0 Å². The highest BCUT2D eigenvalue weighted by Crippen LogP contribution is 2.42. The van der Waals surface area contributed by atoms with E-state index in [2.05, 4.69) is 5.43 Å². The maximum atomic E-state index is 6.07. The standard InChI is InChI=1S/C13H19ClN2O3/c14-12-10(2-4-18-12)11(16-15)9-1-5-19-13(7-9)3-6-17-8-13/h2,4,9,11,16H,1,3,5-8,15H2. The van der Waals surface area contributed by atoms with Crippen LogP contribution in [0.15, 0.2) is 16.7 Å². The Morgan fingerprint density at radius 2 is 2.37 bits per heavy atom. The minimum atomic E-state index is -0.131. The van der Waals surface area contributed by atoms with Gasteiger partial charge in [-0.25, -0.2) is 0 Å². The van der Waals surface area contributed by atoms with Crippen molar-refractivity contribution in [2.24, 2.45) is 11.8 Å². The summed E-state index contributed by atoms with van der Waals surface area (Å²) in [5, 5.41) is 0.408. The molecular weight excluding hydrogens is 268 g/mol. The van der Waals surface area contributed by atoms with Crippen LogP contribution in [0.25, 0.3) is 0 Å². The first kappa shape index (κ1) is 13.4. The Balaban J connectivity index is 1.78. The summed E-state index contributed by atoms with van der Waals surface area (Å²) in [5.74, 6) is 6.10. The first-order valence-electron chi connectivity index (χ1n) is 6.65. The largest absolute Gasteiger partial charge is 0.453 e. The second kappa shape index (κ2) is 5.42. The van der Waals surface area contributed by atoms with Crippen LogP contribution >= 0.6 is 11.6 Å². The molecule has 0 radical (unpaired) electrons. The van der Waals surface area contributed by atoms with Crippen molar-refractivity contribution in [2.75, 3.05) is 19.8 Å². The molecule has 3 rings (SSSR count). The molecule has 0 amide bonds. The van der Waals surface area contributed by atoms with Crippen molar-refractivity contribution in [1.29, 1.82) is 0 Å². The number of furan rings is 1. The Morgan fingerprint density at radius 3 is 3.00 bits per heavy atom. The molecule has 3 N–H and O–H groups in total. The zero-order valence-corrected chi connectivity index (χ0v) is 11.5. The van der Waals surface area contributed by atoms with Crippen molar-refractivity contribution >= 4 is 11.6 Å². The number of hydrazine groups is 1. The number of hydrogen-bond acceptors (Lipinski definition) is 5. The Hall–Kier alpha value is -0.590. The molecule has 2 aliphatic rings. The van der Waals surface area contributed by atoms with Crippen molar-refractivity contribution in [2.45, 2.75) is 30.9 Å². The smallest absolute Gasteiger partial charge is 0.197 e. The number of halogens is 1. The summed E-state index contributed by atoms with van der Waals surface area (Å²) in [6, 6.07) is 1.87. The summed E-state index contributed by atoms with van der Waals surface area (Å²) in [7, 11) is 0. The molecule has 0 bridgehead atoms. The normalized spacial score (nSPS) is 32.8. The molecule has 3 heterocycles. The van der Waals surface area contributed by atoms with Gasteiger partial charge in [0.15, 0.2) is 5.22 Å². The van der Waals surface area contributed by atoms with Crippen LogP contribution in [0.3, 0.4) is 0 Å². The fraction of sp³-hybridized carbons (Fsp3) is 0.692. The van der Waals surface area contributed by atoms with Crippen molar-refractivity contribution in [3.05, 3.63) is 23.1 Å². The van der Waals surface area contributed by atoms with Crippen LogP contribution in [-0.2, 0) is 9.47 Å². The predicted octanol–water partition coefficient (Wildman–Crippen LogP) is 2.02. The molecule has 6 heteroatoms. The molecule has 0 aliphatic carbocycles. The minimum absolute atomic E-state index is 0.00683. The highest BCUT2D eigenvalue weighted by molar-refractivity contribution is 6.29. The molecule has 5 nitrogen and oxygen atoms in total. The molecule has 2 aliphatic heterocycles. The predicted molar refractivity (Wildman–Crippen MR) is 70.6 cm³/mol. The molecule has 2 fully saturated rings. The molecule has 2 saturated heterocycles. The lowest BCUT2D eigenvalue weighted by Crippen LogP contribution is -2.45. The van der Waals surface area contributed by atoms with Gasteiger partial charge in [0.2, 0.25) is 0 Å². The van der Waals surface area contributed by atoms with Gasteiger partial charge in [0, 0.05) is 25.2 Å². The number of ether oxygens (including phenoxy) is 2. The van der Waals surface area contributed by atoms with Gasteiger partial charge in [-0.3, -0.25) is 11.3 Å². The highest BCUT2D eigenvalue weighted by atomic mass is 35.5. The van der Waals surface area contributed by atoms with Gasteiger partial charge in [0.1, 0.15) is 0 Å². The third kappa shape index (κ3) is 2.53. The summed E-state index contributed by atoms with van der Waals surface area (Å²) in [6.45, 7) is 2.20. The molecule has 0 aromatic carbocycles. The van der Waals surface area contributed by atoms with Gasteiger partial charge in [-0.1, -0.05) is 0 Å². The molecule has 3 unspecified atom stereocenters. The van der Waals surface area contributed by atoms with Crippen molar-refractivity contribution in [3.63, 3.8) is 0 Å². The van der Waals surface area contributed by atoms with E-state index in [4.69, 9.17) is 31.3 Å². The second-order valence-corrected chi connectivity index (χ2v) is 5.72. The average molecular weight is 287 g/mol. The summed E-state index contributed by atoms with van der Waals surface area (Å²) in [6.07, 6.45) is 4.44. The van der Waals surface area contributed by atoms with E-state index < -0.39 is 0 Å². The summed E-state index contributed by atoms with van der Waals surface area (Å²) in [4.78, 5) is 0. The van der Waals surface area contributed by atoms with Crippen molar-refractivity contribution in [3.8, 4) is 0 Å². The van der Waals surface area contributed by atoms with E-state index in [0.717, 1.165) is 38.0 Å². The van der Waals surface area contributed by atoms with Crippen LogP contribution in [0.2, 0.25) is 5.22 Å². The summed E-state index contributed by atoms with van der Waals surface area (Å²) >= 11 is 6.07. The lowest BCUT2D eigenvalue weighted by molar-refractivity contribution is -0.103. The molecule has 3 atom stereocenters. The Morgan fingerprint density at radius 1 is 1.47 bits per heavy atom. The van der Waals surface area contributed by atoms with Gasteiger partial charge in [0.25, 0.3) is 0 Å². The first-order valence-corrected chi connectivity index (χ1v) is 7.03. The maximum Gasteiger partial charge on any atom is 0.197 e. The molecule has 0 saturated carbocycles. The van der Waals surface area contributed by atoms with Crippen LogP contribution < -0.4 is 11.3 Å². The lowest BCUT2D eigenvalue weighted by atomic mass is 9.79. The third-order valence-corrected chi connectivity index (χ3v) is 4.54. The monoisotopic (exact) mass is 286 g/mol. The Labute approximate surface area is 117 Å². The molecule has 1 aromatic heterocycles. The Kier molecular flexibility index (Phi) is 3.82. The van der Waals surface area contributed by atoms with Gasteiger partial charge in [-0.05, 0) is 36.4 Å². The zero-order valence-electron chi connectivity index (χ0n) is 10.7. The van der Waals surface area contributed by atoms with Crippen LogP contribution in [0.1, 0.15) is 30.9 Å². The molecule has 1 aromatic rings. The van der Waals surface area contributed by atoms with Gasteiger partial charge in [-0.15, -0.1) is 0 Å². The van der Waals surface area contributed by atoms with E-state index >= 15 is 0 Å². The topological polar surface area (TPSA) is 69.7 Å². The Bertz CT molecular complexity index is 431. The SMILES string of the molecule is NNC(c1ccoc1Cl)C1CCOC2(CCOC2)C1. The van der Waals surface area contributed by atoms with Crippen molar-refractivity contribution in [1.82, 2.24) is 5.43 Å². The zero-order chi connectivity index (χ0) is 13.3. The molecule has 1 spiro atoms. The maximum absolute atomic E-state index is 6.07. The van der Waals surface area contributed by atoms with E-state index in [1.54, 1.807) is 6.26 Å². The van der Waals surface area contributed by atoms with E-state index in [-0.39, 0.29) is 11.6 Å². The van der Waals surface area contributed by atoms with Crippen LogP contribution in [-0.4, -0.2) is 25.4 Å². The highest BCUT2D eigenvalue weighted by Gasteiger charge is 2.43. The van der Waals surface area contributed by atoms with Crippen LogP contribution in [0.4, 0.5) is 0 Å². The quantitative estimate of drug-likeness (QED) is 0.657. The van der Waals surface area contributed by atoms with E-state index in [0.29, 0.717) is 17.7 Å². The minimum Gasteiger partial charge on any atom is -0.453 e. The van der Waals surface area contributed by atoms with Gasteiger partial charge >= 0.3 is 0 Å². The molecular formula is C13H19ClN2O3. The van der Waals surface area contributed by atoms with Crippen LogP contribution in [0.5, 0.6) is 0 Å². The van der Waals surface area contributed by atoms with Gasteiger partial charge in [0.05, 0.1) is 24.5 Å². The second-order valence-electron chi connectivity index (χ2n) is 5.38. The fourth-order valence-electron chi connectivity index (χ4n) is 3.22. The number of nitrogens with two attached hydrogens (primary N) is 1. The van der Waals surface area contributed by atoms with E-state index in [1.165, 1.54) is 0 Å². The lowest BCUT2D eigenvalue weighted by Gasteiger charge is -2.40. The van der Waals surface area contributed by atoms with Crippen LogP contribution in [0, 0.1) is 5.92 Å². The molecule has 106 valence electrons. The number of rotatable bonds is 3. The summed E-state index contributed by atoms with van der Waals surface area (Å²) < 4.78 is 16.6. The van der Waals surface area contributed by atoms with E-state index in [1.807, 2.05) is 6.07 Å². The van der Waals surface area contributed by atoms with E-state index in [9.17, 15) is 0 Å². The summed E-state index contributed by atoms with van der Waals surface area (Å²) in [5.41, 5.74) is 3.67. The third-order valence-electron chi connectivity index (χ3n) is 4.23.